The van der Waals surface area contributed by atoms with E-state index in [4.69, 9.17) is 11.6 Å². The highest BCUT2D eigenvalue weighted by Gasteiger charge is 2.17. The Bertz CT molecular complexity index is 704. The molecule has 1 amide bonds. The van der Waals surface area contributed by atoms with E-state index in [0.29, 0.717) is 10.7 Å². The number of hydrogen-bond donors (Lipinski definition) is 2. The van der Waals surface area contributed by atoms with Crippen molar-refractivity contribution >= 4 is 28.9 Å². The van der Waals surface area contributed by atoms with Crippen molar-refractivity contribution in [3.63, 3.8) is 0 Å². The van der Waals surface area contributed by atoms with E-state index in [9.17, 15) is 13.6 Å². The summed E-state index contributed by atoms with van der Waals surface area (Å²) in [5.41, 5.74) is 0.476. The van der Waals surface area contributed by atoms with E-state index in [1.54, 1.807) is 19.2 Å². The number of anilines is 2. The molecule has 6 heteroatoms. The lowest BCUT2D eigenvalue weighted by Crippen LogP contribution is -2.16. The molecular formula is C15H13ClF2N2O. The summed E-state index contributed by atoms with van der Waals surface area (Å²) in [6.07, 6.45) is 0. The molecule has 0 heterocycles. The number of carbonyl (C=O) groups is 1. The number of amides is 1. The standard InChI is InChI=1S/C15H13ClF2N2O/c1-8-3-5-11(17)14(13(8)18)20-15(21)10-7-9(16)4-6-12(10)19-2/h3-7,19H,1-2H3,(H,20,21). The number of hydrogen-bond acceptors (Lipinski definition) is 2. The van der Waals surface area contributed by atoms with E-state index < -0.39 is 23.2 Å². The Morgan fingerprint density at radius 3 is 2.57 bits per heavy atom. The molecular weight excluding hydrogens is 298 g/mol. The largest absolute Gasteiger partial charge is 0.387 e. The maximum Gasteiger partial charge on any atom is 0.257 e. The molecule has 0 aliphatic rings. The van der Waals surface area contributed by atoms with Crippen molar-refractivity contribution in [2.45, 2.75) is 6.92 Å². The molecule has 0 spiro atoms. The van der Waals surface area contributed by atoms with Gasteiger partial charge in [0.25, 0.3) is 5.91 Å². The lowest BCUT2D eigenvalue weighted by molar-refractivity contribution is 0.102. The fraction of sp³-hybridized carbons (Fsp3) is 0.133. The van der Waals surface area contributed by atoms with Crippen LogP contribution in [0.3, 0.4) is 0 Å². The summed E-state index contributed by atoms with van der Waals surface area (Å²) < 4.78 is 27.6. The van der Waals surface area contributed by atoms with Gasteiger partial charge in [-0.25, -0.2) is 8.78 Å². The third kappa shape index (κ3) is 3.13. The fourth-order valence-corrected chi connectivity index (χ4v) is 2.05. The zero-order chi connectivity index (χ0) is 15.6. The van der Waals surface area contributed by atoms with Crippen molar-refractivity contribution in [3.05, 3.63) is 58.1 Å². The van der Waals surface area contributed by atoms with E-state index in [-0.39, 0.29) is 11.1 Å². The summed E-state index contributed by atoms with van der Waals surface area (Å²) in [4.78, 5) is 12.2. The predicted molar refractivity (Wildman–Crippen MR) is 80.0 cm³/mol. The maximum absolute atomic E-state index is 13.9. The smallest absolute Gasteiger partial charge is 0.257 e. The highest BCUT2D eigenvalue weighted by atomic mass is 35.5. The summed E-state index contributed by atoms with van der Waals surface area (Å²) in [6, 6.07) is 7.05. The van der Waals surface area contributed by atoms with E-state index in [1.165, 1.54) is 19.1 Å². The minimum absolute atomic E-state index is 0.199. The van der Waals surface area contributed by atoms with Crippen molar-refractivity contribution in [3.8, 4) is 0 Å². The maximum atomic E-state index is 13.9. The summed E-state index contributed by atoms with van der Waals surface area (Å²) >= 11 is 5.85. The molecule has 0 saturated carbocycles. The molecule has 2 aromatic rings. The molecule has 0 unspecified atom stereocenters. The molecule has 0 radical (unpaired) electrons. The third-order valence-electron chi connectivity index (χ3n) is 3.02. The molecule has 0 saturated heterocycles. The second kappa shape index (κ2) is 6.10. The topological polar surface area (TPSA) is 41.1 Å². The lowest BCUT2D eigenvalue weighted by atomic mass is 10.1. The highest BCUT2D eigenvalue weighted by molar-refractivity contribution is 6.31. The van der Waals surface area contributed by atoms with Crippen LogP contribution in [0.1, 0.15) is 15.9 Å². The van der Waals surface area contributed by atoms with Crippen molar-refractivity contribution < 1.29 is 13.6 Å². The van der Waals surface area contributed by atoms with Crippen LogP contribution in [0, 0.1) is 18.6 Å². The molecule has 2 aromatic carbocycles. The number of benzene rings is 2. The molecule has 0 fully saturated rings. The Kier molecular flexibility index (Phi) is 4.43. The third-order valence-corrected chi connectivity index (χ3v) is 3.25. The minimum Gasteiger partial charge on any atom is -0.387 e. The molecule has 0 aliphatic heterocycles. The predicted octanol–water partition coefficient (Wildman–Crippen LogP) is 4.22. The van der Waals surface area contributed by atoms with Crippen molar-refractivity contribution in [2.75, 3.05) is 17.7 Å². The van der Waals surface area contributed by atoms with Gasteiger partial charge in [0, 0.05) is 17.8 Å². The average molecular weight is 311 g/mol. The highest BCUT2D eigenvalue weighted by Crippen LogP contribution is 2.25. The Hall–Kier alpha value is -2.14. The summed E-state index contributed by atoms with van der Waals surface area (Å²) in [5.74, 6) is -2.28. The van der Waals surface area contributed by atoms with Gasteiger partial charge in [0.2, 0.25) is 0 Å². The van der Waals surface area contributed by atoms with Crippen LogP contribution in [0.5, 0.6) is 0 Å². The molecule has 21 heavy (non-hydrogen) atoms. The molecule has 0 aromatic heterocycles. The van der Waals surface area contributed by atoms with Crippen LogP contribution < -0.4 is 10.6 Å². The Morgan fingerprint density at radius 1 is 1.19 bits per heavy atom. The lowest BCUT2D eigenvalue weighted by Gasteiger charge is -2.12. The van der Waals surface area contributed by atoms with Gasteiger partial charge < -0.3 is 10.6 Å². The fourth-order valence-electron chi connectivity index (χ4n) is 1.87. The van der Waals surface area contributed by atoms with E-state index in [2.05, 4.69) is 10.6 Å². The zero-order valence-electron chi connectivity index (χ0n) is 11.4. The van der Waals surface area contributed by atoms with E-state index in [0.717, 1.165) is 6.07 Å². The Balaban J connectivity index is 2.39. The number of aryl methyl sites for hydroxylation is 1. The van der Waals surface area contributed by atoms with Crippen LogP contribution in [0.15, 0.2) is 30.3 Å². The Labute approximate surface area is 125 Å². The van der Waals surface area contributed by atoms with Crippen LogP contribution in [-0.4, -0.2) is 13.0 Å². The van der Waals surface area contributed by atoms with Crippen LogP contribution in [0.2, 0.25) is 5.02 Å². The van der Waals surface area contributed by atoms with Crippen LogP contribution >= 0.6 is 11.6 Å². The number of rotatable bonds is 3. The van der Waals surface area contributed by atoms with Gasteiger partial charge in [-0.1, -0.05) is 17.7 Å². The van der Waals surface area contributed by atoms with Crippen LogP contribution in [0.25, 0.3) is 0 Å². The van der Waals surface area contributed by atoms with Gasteiger partial charge in [-0.15, -0.1) is 0 Å². The SMILES string of the molecule is CNc1ccc(Cl)cc1C(=O)Nc1c(F)ccc(C)c1F. The van der Waals surface area contributed by atoms with Gasteiger partial charge in [0.05, 0.1) is 5.56 Å². The van der Waals surface area contributed by atoms with Gasteiger partial charge in [-0.2, -0.15) is 0 Å². The molecule has 110 valence electrons. The number of nitrogens with one attached hydrogen (secondary N) is 2. The first-order valence-electron chi connectivity index (χ1n) is 6.17. The molecule has 0 bridgehead atoms. The normalized spacial score (nSPS) is 10.3. The summed E-state index contributed by atoms with van der Waals surface area (Å²) in [6.45, 7) is 1.49. The minimum atomic E-state index is -0.834. The molecule has 0 atom stereocenters. The van der Waals surface area contributed by atoms with Crippen molar-refractivity contribution in [1.29, 1.82) is 0 Å². The van der Waals surface area contributed by atoms with Crippen molar-refractivity contribution in [2.24, 2.45) is 0 Å². The first kappa shape index (κ1) is 15.3. The van der Waals surface area contributed by atoms with E-state index in [1.807, 2.05) is 0 Å². The molecule has 0 aliphatic carbocycles. The van der Waals surface area contributed by atoms with Gasteiger partial charge in [0.15, 0.2) is 5.82 Å². The molecule has 2 rings (SSSR count). The van der Waals surface area contributed by atoms with Crippen molar-refractivity contribution in [1.82, 2.24) is 0 Å². The van der Waals surface area contributed by atoms with Gasteiger partial charge >= 0.3 is 0 Å². The average Bonchev–Trinajstić information content (AvgIpc) is 2.47. The van der Waals surface area contributed by atoms with Gasteiger partial charge in [-0.3, -0.25) is 4.79 Å². The Morgan fingerprint density at radius 2 is 1.90 bits per heavy atom. The second-order valence-corrected chi connectivity index (χ2v) is 4.88. The van der Waals surface area contributed by atoms with E-state index >= 15 is 0 Å². The summed E-state index contributed by atoms with van der Waals surface area (Å²) in [7, 11) is 1.63. The van der Waals surface area contributed by atoms with Crippen LogP contribution in [-0.2, 0) is 0 Å². The quantitative estimate of drug-likeness (QED) is 0.891. The summed E-state index contributed by atoms with van der Waals surface area (Å²) in [5, 5.41) is 5.42. The molecule has 2 N–H and O–H groups in total. The zero-order valence-corrected chi connectivity index (χ0v) is 12.2. The second-order valence-electron chi connectivity index (χ2n) is 4.45. The molecule has 3 nitrogen and oxygen atoms in total. The van der Waals surface area contributed by atoms with Crippen LogP contribution in [0.4, 0.5) is 20.2 Å². The monoisotopic (exact) mass is 310 g/mol. The number of carbonyl (C=O) groups excluding carboxylic acids is 1. The first-order valence-corrected chi connectivity index (χ1v) is 6.55. The number of halogens is 3. The van der Waals surface area contributed by atoms with Gasteiger partial charge in [0.1, 0.15) is 11.5 Å². The first-order chi connectivity index (χ1) is 9.93. The van der Waals surface area contributed by atoms with Gasteiger partial charge in [-0.05, 0) is 36.8 Å².